The predicted molar refractivity (Wildman–Crippen MR) is 112 cm³/mol. The van der Waals surface area contributed by atoms with Gasteiger partial charge in [0, 0.05) is 17.2 Å². The van der Waals surface area contributed by atoms with Crippen LogP contribution in [0.1, 0.15) is 13.8 Å². The minimum Gasteiger partial charge on any atom is -0.476 e. The number of hydrogen-bond donors (Lipinski definition) is 1. The van der Waals surface area contributed by atoms with Crippen molar-refractivity contribution in [1.29, 1.82) is 0 Å². The lowest BCUT2D eigenvalue weighted by Crippen LogP contribution is -2.41. The molecule has 3 rings (SSSR count). The fraction of sp³-hybridized carbons (Fsp3) is 0.211. The third kappa shape index (κ3) is 5.22. The molecule has 0 aliphatic rings. The van der Waals surface area contributed by atoms with Gasteiger partial charge in [-0.1, -0.05) is 22.9 Å². The zero-order chi connectivity index (χ0) is 21.9. The first-order valence-corrected chi connectivity index (χ1v) is 9.80. The van der Waals surface area contributed by atoms with E-state index in [2.05, 4.69) is 10.3 Å². The topological polar surface area (TPSA) is 121 Å². The summed E-state index contributed by atoms with van der Waals surface area (Å²) < 4.78 is 11.2. The number of rotatable bonds is 7. The van der Waals surface area contributed by atoms with E-state index in [0.717, 1.165) is 11.3 Å². The predicted octanol–water partition coefficient (Wildman–Crippen LogP) is 4.20. The molecule has 30 heavy (non-hydrogen) atoms. The molecule has 0 saturated heterocycles. The summed E-state index contributed by atoms with van der Waals surface area (Å²) in [6, 6.07) is 10.7. The number of thiazole rings is 1. The summed E-state index contributed by atoms with van der Waals surface area (Å²) in [6.45, 7) is 2.49. The molecule has 2 aromatic carbocycles. The van der Waals surface area contributed by atoms with Crippen molar-refractivity contribution in [1.82, 2.24) is 4.98 Å². The van der Waals surface area contributed by atoms with Gasteiger partial charge in [-0.15, -0.1) is 0 Å². The standard InChI is InChI=1S/C19H16ClN3O6S/c1-19(2,29-13-6-3-11(20)4-7-13)17(25)28-10-16(24)22-18-21-14-8-5-12(23(26)27)9-15(14)30-18/h3-9H,10H2,1-2H3,(H,21,22,24). The van der Waals surface area contributed by atoms with Crippen LogP contribution in [0, 0.1) is 10.1 Å². The Labute approximate surface area is 179 Å². The van der Waals surface area contributed by atoms with Gasteiger partial charge in [0.1, 0.15) is 5.75 Å². The van der Waals surface area contributed by atoms with Gasteiger partial charge in [-0.25, -0.2) is 9.78 Å². The number of fused-ring (bicyclic) bond motifs is 1. The molecule has 9 nitrogen and oxygen atoms in total. The van der Waals surface area contributed by atoms with Crippen molar-refractivity contribution >= 4 is 55.8 Å². The number of anilines is 1. The number of amides is 1. The number of benzene rings is 2. The van der Waals surface area contributed by atoms with E-state index in [1.807, 2.05) is 0 Å². The van der Waals surface area contributed by atoms with Crippen LogP contribution in [0.5, 0.6) is 5.75 Å². The van der Waals surface area contributed by atoms with Crippen molar-refractivity contribution in [3.63, 3.8) is 0 Å². The van der Waals surface area contributed by atoms with E-state index in [-0.39, 0.29) is 10.8 Å². The number of nitrogens with one attached hydrogen (secondary N) is 1. The first-order chi connectivity index (χ1) is 14.1. The largest absolute Gasteiger partial charge is 0.476 e. The molecule has 0 bridgehead atoms. The Kier molecular flexibility index (Phi) is 6.18. The highest BCUT2D eigenvalue weighted by molar-refractivity contribution is 7.22. The van der Waals surface area contributed by atoms with Crippen molar-refractivity contribution in [2.24, 2.45) is 0 Å². The monoisotopic (exact) mass is 449 g/mol. The van der Waals surface area contributed by atoms with Crippen molar-refractivity contribution in [3.8, 4) is 5.75 Å². The van der Waals surface area contributed by atoms with E-state index >= 15 is 0 Å². The summed E-state index contributed by atoms with van der Waals surface area (Å²) in [5.41, 5.74) is -0.889. The Balaban J connectivity index is 1.56. The molecule has 0 saturated carbocycles. The minimum atomic E-state index is -1.33. The van der Waals surface area contributed by atoms with Crippen LogP contribution >= 0.6 is 22.9 Å². The number of nitro benzene ring substituents is 1. The molecule has 11 heteroatoms. The zero-order valence-electron chi connectivity index (χ0n) is 15.9. The second-order valence-electron chi connectivity index (χ2n) is 6.62. The van der Waals surface area contributed by atoms with E-state index in [4.69, 9.17) is 21.1 Å². The van der Waals surface area contributed by atoms with E-state index < -0.39 is 29.0 Å². The number of carbonyl (C=O) groups is 2. The van der Waals surface area contributed by atoms with Gasteiger partial charge in [-0.3, -0.25) is 20.2 Å². The van der Waals surface area contributed by atoms with Gasteiger partial charge in [0.25, 0.3) is 11.6 Å². The van der Waals surface area contributed by atoms with Gasteiger partial charge in [-0.05, 0) is 44.2 Å². The SMILES string of the molecule is CC(C)(Oc1ccc(Cl)cc1)C(=O)OCC(=O)Nc1nc2ccc([N+](=O)[O-])cc2s1. The molecule has 0 atom stereocenters. The van der Waals surface area contributed by atoms with Crippen LogP contribution in [-0.4, -0.2) is 34.0 Å². The van der Waals surface area contributed by atoms with Crippen LogP contribution in [0.25, 0.3) is 10.2 Å². The van der Waals surface area contributed by atoms with E-state index in [0.29, 0.717) is 21.0 Å². The van der Waals surface area contributed by atoms with Crippen LogP contribution in [0.2, 0.25) is 5.02 Å². The van der Waals surface area contributed by atoms with Gasteiger partial charge in [0.15, 0.2) is 17.3 Å². The first kappa shape index (κ1) is 21.5. The molecule has 0 spiro atoms. The smallest absolute Gasteiger partial charge is 0.350 e. The molecular weight excluding hydrogens is 434 g/mol. The maximum atomic E-state index is 12.3. The van der Waals surface area contributed by atoms with Crippen LogP contribution < -0.4 is 10.1 Å². The third-order valence-electron chi connectivity index (χ3n) is 3.84. The summed E-state index contributed by atoms with van der Waals surface area (Å²) in [5.74, 6) is -0.902. The average Bonchev–Trinajstić information content (AvgIpc) is 3.08. The summed E-state index contributed by atoms with van der Waals surface area (Å²) in [4.78, 5) is 38.9. The van der Waals surface area contributed by atoms with Gasteiger partial charge >= 0.3 is 5.97 Å². The Bertz CT molecular complexity index is 1110. The quantitative estimate of drug-likeness (QED) is 0.326. The second kappa shape index (κ2) is 8.64. The molecule has 0 fully saturated rings. The molecule has 0 unspecified atom stereocenters. The number of nitro groups is 1. The van der Waals surface area contributed by atoms with Crippen LogP contribution in [0.4, 0.5) is 10.8 Å². The highest BCUT2D eigenvalue weighted by atomic mass is 35.5. The highest BCUT2D eigenvalue weighted by Gasteiger charge is 2.32. The Hall–Kier alpha value is -3.24. The van der Waals surface area contributed by atoms with Crippen molar-refractivity contribution in [3.05, 3.63) is 57.6 Å². The number of esters is 1. The molecule has 0 aliphatic heterocycles. The molecule has 0 radical (unpaired) electrons. The van der Waals surface area contributed by atoms with Crippen LogP contribution in [0.15, 0.2) is 42.5 Å². The number of carbonyl (C=O) groups excluding carboxylic acids is 2. The first-order valence-electron chi connectivity index (χ1n) is 8.61. The van der Waals surface area contributed by atoms with Gasteiger partial charge in [0.05, 0.1) is 15.1 Å². The lowest BCUT2D eigenvalue weighted by Gasteiger charge is -2.24. The van der Waals surface area contributed by atoms with E-state index in [1.165, 1.54) is 32.0 Å². The normalized spacial score (nSPS) is 11.2. The third-order valence-corrected chi connectivity index (χ3v) is 5.03. The lowest BCUT2D eigenvalue weighted by atomic mass is 10.1. The second-order valence-corrected chi connectivity index (χ2v) is 8.09. The molecule has 0 aliphatic carbocycles. The number of halogens is 1. The summed E-state index contributed by atoms with van der Waals surface area (Å²) in [5, 5.41) is 14.1. The molecule has 156 valence electrons. The number of non-ortho nitro benzene ring substituents is 1. The molecular formula is C19H16ClN3O6S. The van der Waals surface area contributed by atoms with Crippen molar-refractivity contribution in [2.75, 3.05) is 11.9 Å². The molecule has 1 amide bonds. The Morgan fingerprint density at radius 2 is 1.93 bits per heavy atom. The van der Waals surface area contributed by atoms with Gasteiger partial charge < -0.3 is 9.47 Å². The average molecular weight is 450 g/mol. The van der Waals surface area contributed by atoms with Crippen LogP contribution in [0.3, 0.4) is 0 Å². The van der Waals surface area contributed by atoms with Gasteiger partial charge in [0.2, 0.25) is 0 Å². The fourth-order valence-electron chi connectivity index (χ4n) is 2.38. The van der Waals surface area contributed by atoms with Crippen LogP contribution in [-0.2, 0) is 14.3 Å². The highest BCUT2D eigenvalue weighted by Crippen LogP contribution is 2.29. The Morgan fingerprint density at radius 3 is 2.60 bits per heavy atom. The summed E-state index contributed by atoms with van der Waals surface area (Å²) in [7, 11) is 0. The molecule has 1 N–H and O–H groups in total. The summed E-state index contributed by atoms with van der Waals surface area (Å²) >= 11 is 6.89. The molecule has 1 heterocycles. The van der Waals surface area contributed by atoms with Gasteiger partial charge in [-0.2, -0.15) is 0 Å². The number of nitrogens with zero attached hydrogens (tertiary/aromatic N) is 2. The Morgan fingerprint density at radius 1 is 1.23 bits per heavy atom. The zero-order valence-corrected chi connectivity index (χ0v) is 17.5. The fourth-order valence-corrected chi connectivity index (χ4v) is 3.42. The van der Waals surface area contributed by atoms with E-state index in [9.17, 15) is 19.7 Å². The summed E-state index contributed by atoms with van der Waals surface area (Å²) in [6.07, 6.45) is 0. The number of ether oxygens (including phenoxy) is 2. The molecule has 1 aromatic heterocycles. The lowest BCUT2D eigenvalue weighted by molar-refractivity contribution is -0.384. The molecule has 3 aromatic rings. The maximum absolute atomic E-state index is 12.3. The van der Waals surface area contributed by atoms with Crippen molar-refractivity contribution in [2.45, 2.75) is 19.4 Å². The maximum Gasteiger partial charge on any atom is 0.350 e. The minimum absolute atomic E-state index is 0.0686. The van der Waals surface area contributed by atoms with E-state index in [1.54, 1.807) is 24.3 Å². The number of aromatic nitrogens is 1. The van der Waals surface area contributed by atoms with Crippen molar-refractivity contribution < 1.29 is 24.0 Å². The number of hydrogen-bond acceptors (Lipinski definition) is 8.